The van der Waals surface area contributed by atoms with E-state index in [-0.39, 0.29) is 11.8 Å². The SMILES string of the molecule is Cc1ccccc1C(=O)N1CCC[C@H](c2nnc(-c3ccccc3)o2)C1. The molecule has 132 valence electrons. The smallest absolute Gasteiger partial charge is 0.254 e. The van der Waals surface area contributed by atoms with E-state index < -0.39 is 0 Å². The first-order valence-corrected chi connectivity index (χ1v) is 8.96. The Morgan fingerprint density at radius 3 is 2.65 bits per heavy atom. The number of benzene rings is 2. The van der Waals surface area contributed by atoms with Crippen LogP contribution in [0, 0.1) is 6.92 Å². The quantitative estimate of drug-likeness (QED) is 0.717. The Hall–Kier alpha value is -2.95. The Bertz CT molecular complexity index is 904. The first kappa shape index (κ1) is 16.5. The molecule has 1 amide bonds. The number of rotatable bonds is 3. The van der Waals surface area contributed by atoms with Gasteiger partial charge in [-0.2, -0.15) is 0 Å². The Balaban J connectivity index is 1.52. The number of nitrogens with zero attached hydrogens (tertiary/aromatic N) is 3. The number of carbonyl (C=O) groups excluding carboxylic acids is 1. The van der Waals surface area contributed by atoms with E-state index in [1.807, 2.05) is 66.4 Å². The van der Waals surface area contributed by atoms with Crippen molar-refractivity contribution in [2.45, 2.75) is 25.7 Å². The molecule has 4 rings (SSSR count). The van der Waals surface area contributed by atoms with Gasteiger partial charge in [-0.3, -0.25) is 4.79 Å². The molecular formula is C21H21N3O2. The Morgan fingerprint density at radius 1 is 1.08 bits per heavy atom. The van der Waals surface area contributed by atoms with Gasteiger partial charge in [0.15, 0.2) is 0 Å². The monoisotopic (exact) mass is 347 g/mol. The fourth-order valence-electron chi connectivity index (χ4n) is 3.44. The fourth-order valence-corrected chi connectivity index (χ4v) is 3.44. The minimum absolute atomic E-state index is 0.0793. The highest BCUT2D eigenvalue weighted by atomic mass is 16.4. The summed E-state index contributed by atoms with van der Waals surface area (Å²) >= 11 is 0. The number of carbonyl (C=O) groups is 1. The van der Waals surface area contributed by atoms with Crippen molar-refractivity contribution < 1.29 is 9.21 Å². The second-order valence-corrected chi connectivity index (χ2v) is 6.72. The Kier molecular flexibility index (Phi) is 4.52. The van der Waals surface area contributed by atoms with E-state index >= 15 is 0 Å². The van der Waals surface area contributed by atoms with Crippen LogP contribution in [-0.4, -0.2) is 34.1 Å². The van der Waals surface area contributed by atoms with E-state index in [0.717, 1.165) is 36.1 Å². The van der Waals surface area contributed by atoms with Crippen LogP contribution < -0.4 is 0 Å². The zero-order chi connectivity index (χ0) is 17.9. The van der Waals surface area contributed by atoms with Crippen LogP contribution >= 0.6 is 0 Å². The average molecular weight is 347 g/mol. The summed E-state index contributed by atoms with van der Waals surface area (Å²) in [4.78, 5) is 14.8. The van der Waals surface area contributed by atoms with E-state index in [9.17, 15) is 4.79 Å². The maximum atomic E-state index is 12.9. The topological polar surface area (TPSA) is 59.2 Å². The number of likely N-dealkylation sites (tertiary alicyclic amines) is 1. The molecule has 2 aromatic carbocycles. The molecule has 0 N–H and O–H groups in total. The van der Waals surface area contributed by atoms with Gasteiger partial charge < -0.3 is 9.32 Å². The lowest BCUT2D eigenvalue weighted by Gasteiger charge is -2.31. The molecule has 0 bridgehead atoms. The zero-order valence-corrected chi connectivity index (χ0v) is 14.8. The van der Waals surface area contributed by atoms with Crippen molar-refractivity contribution in [3.8, 4) is 11.5 Å². The lowest BCUT2D eigenvalue weighted by atomic mass is 9.97. The molecule has 1 aliphatic rings. The predicted octanol–water partition coefficient (Wildman–Crippen LogP) is 4.06. The van der Waals surface area contributed by atoms with Crippen molar-refractivity contribution in [3.63, 3.8) is 0 Å². The standard InChI is InChI=1S/C21H21N3O2/c1-15-8-5-6-12-18(15)21(25)24-13-7-11-17(14-24)20-23-22-19(26-20)16-9-3-2-4-10-16/h2-6,8-10,12,17H,7,11,13-14H2,1H3/t17-/m0/s1. The van der Waals surface area contributed by atoms with Crippen LogP contribution in [0.2, 0.25) is 0 Å². The lowest BCUT2D eigenvalue weighted by molar-refractivity contribution is 0.0697. The molecule has 0 radical (unpaired) electrons. The average Bonchev–Trinajstić information content (AvgIpc) is 3.19. The summed E-state index contributed by atoms with van der Waals surface area (Å²) in [5.41, 5.74) is 2.68. The van der Waals surface area contributed by atoms with Crippen LogP contribution in [0.15, 0.2) is 59.0 Å². The van der Waals surface area contributed by atoms with E-state index in [1.165, 1.54) is 0 Å². The summed E-state index contributed by atoms with van der Waals surface area (Å²) in [6.45, 7) is 3.35. The Labute approximate surface area is 152 Å². The number of aromatic nitrogens is 2. The van der Waals surface area contributed by atoms with Crippen molar-refractivity contribution in [2.24, 2.45) is 0 Å². The molecule has 1 atom stereocenters. The van der Waals surface area contributed by atoms with E-state index in [1.54, 1.807) is 0 Å². The predicted molar refractivity (Wildman–Crippen MR) is 98.8 cm³/mol. The molecule has 26 heavy (non-hydrogen) atoms. The minimum Gasteiger partial charge on any atom is -0.420 e. The molecule has 5 heteroatoms. The van der Waals surface area contributed by atoms with Gasteiger partial charge in [-0.25, -0.2) is 0 Å². The summed E-state index contributed by atoms with van der Waals surface area (Å²) in [7, 11) is 0. The van der Waals surface area contributed by atoms with Gasteiger partial charge in [-0.1, -0.05) is 36.4 Å². The van der Waals surface area contributed by atoms with Crippen molar-refractivity contribution in [3.05, 3.63) is 71.6 Å². The van der Waals surface area contributed by atoms with E-state index in [0.29, 0.717) is 18.3 Å². The van der Waals surface area contributed by atoms with Gasteiger partial charge in [0, 0.05) is 24.2 Å². The van der Waals surface area contributed by atoms with Crippen LogP contribution in [0.4, 0.5) is 0 Å². The van der Waals surface area contributed by atoms with Crippen LogP contribution in [0.3, 0.4) is 0 Å². The molecule has 0 unspecified atom stereocenters. The van der Waals surface area contributed by atoms with Gasteiger partial charge in [0.05, 0.1) is 5.92 Å². The van der Waals surface area contributed by atoms with E-state index in [4.69, 9.17) is 4.42 Å². The van der Waals surface area contributed by atoms with Gasteiger partial charge in [-0.15, -0.1) is 10.2 Å². The normalized spacial score (nSPS) is 17.3. The van der Waals surface area contributed by atoms with Crippen LogP contribution in [0.1, 0.15) is 40.6 Å². The summed E-state index contributed by atoms with van der Waals surface area (Å²) in [6.07, 6.45) is 1.89. The molecule has 0 spiro atoms. The molecule has 0 saturated carbocycles. The molecule has 2 heterocycles. The van der Waals surface area contributed by atoms with Gasteiger partial charge in [0.2, 0.25) is 11.8 Å². The zero-order valence-electron chi connectivity index (χ0n) is 14.8. The number of amides is 1. The maximum absolute atomic E-state index is 12.9. The summed E-state index contributed by atoms with van der Waals surface area (Å²) < 4.78 is 5.91. The van der Waals surface area contributed by atoms with Gasteiger partial charge in [0.1, 0.15) is 0 Å². The minimum atomic E-state index is 0.0793. The van der Waals surface area contributed by atoms with Crippen LogP contribution in [0.25, 0.3) is 11.5 Å². The highest BCUT2D eigenvalue weighted by Crippen LogP contribution is 2.29. The van der Waals surface area contributed by atoms with Crippen molar-refractivity contribution in [1.82, 2.24) is 15.1 Å². The highest BCUT2D eigenvalue weighted by molar-refractivity contribution is 5.95. The summed E-state index contributed by atoms with van der Waals surface area (Å²) in [5, 5.41) is 8.43. The van der Waals surface area contributed by atoms with Crippen LogP contribution in [-0.2, 0) is 0 Å². The molecule has 0 aliphatic carbocycles. The third kappa shape index (κ3) is 3.25. The molecule has 3 aromatic rings. The third-order valence-electron chi connectivity index (χ3n) is 4.89. The highest BCUT2D eigenvalue weighted by Gasteiger charge is 2.29. The van der Waals surface area contributed by atoms with Gasteiger partial charge in [-0.05, 0) is 43.5 Å². The fraction of sp³-hybridized carbons (Fsp3) is 0.286. The second-order valence-electron chi connectivity index (χ2n) is 6.72. The lowest BCUT2D eigenvalue weighted by Crippen LogP contribution is -2.39. The number of hydrogen-bond donors (Lipinski definition) is 0. The molecule has 1 aromatic heterocycles. The largest absolute Gasteiger partial charge is 0.420 e. The summed E-state index contributed by atoms with van der Waals surface area (Å²) in [5.74, 6) is 1.31. The number of aryl methyl sites for hydroxylation is 1. The number of hydrogen-bond acceptors (Lipinski definition) is 4. The van der Waals surface area contributed by atoms with Crippen molar-refractivity contribution in [1.29, 1.82) is 0 Å². The van der Waals surface area contributed by atoms with E-state index in [2.05, 4.69) is 10.2 Å². The third-order valence-corrected chi connectivity index (χ3v) is 4.89. The molecule has 1 fully saturated rings. The first-order chi connectivity index (χ1) is 12.7. The first-order valence-electron chi connectivity index (χ1n) is 8.96. The van der Waals surface area contributed by atoms with Crippen molar-refractivity contribution in [2.75, 3.05) is 13.1 Å². The second kappa shape index (κ2) is 7.12. The molecule has 1 aliphatic heterocycles. The molecule has 5 nitrogen and oxygen atoms in total. The van der Waals surface area contributed by atoms with Crippen LogP contribution in [0.5, 0.6) is 0 Å². The maximum Gasteiger partial charge on any atom is 0.254 e. The van der Waals surface area contributed by atoms with Gasteiger partial charge >= 0.3 is 0 Å². The molecular weight excluding hydrogens is 326 g/mol. The van der Waals surface area contributed by atoms with Gasteiger partial charge in [0.25, 0.3) is 5.91 Å². The molecule has 1 saturated heterocycles. The Morgan fingerprint density at radius 2 is 1.85 bits per heavy atom. The number of piperidine rings is 1. The summed E-state index contributed by atoms with van der Waals surface area (Å²) in [6, 6.07) is 17.5. The van der Waals surface area contributed by atoms with Crippen molar-refractivity contribution >= 4 is 5.91 Å².